The average Bonchev–Trinajstić information content (AvgIpc) is 3.24. The zero-order valence-corrected chi connectivity index (χ0v) is 18.1. The van der Waals surface area contributed by atoms with Crippen molar-refractivity contribution in [3.63, 3.8) is 0 Å². The van der Waals surface area contributed by atoms with Gasteiger partial charge in [0, 0.05) is 56.6 Å². The summed E-state index contributed by atoms with van der Waals surface area (Å²) in [5.41, 5.74) is 4.28. The molecule has 1 saturated heterocycles. The molecule has 1 N–H and O–H groups in total. The Balaban J connectivity index is 1.37. The van der Waals surface area contributed by atoms with Gasteiger partial charge in [-0.3, -0.25) is 19.3 Å². The Morgan fingerprint density at radius 3 is 2.57 bits per heavy atom. The first-order valence-corrected chi connectivity index (χ1v) is 10.8. The minimum absolute atomic E-state index is 0.0296. The van der Waals surface area contributed by atoms with Crippen LogP contribution in [0.4, 0.5) is 0 Å². The van der Waals surface area contributed by atoms with Crippen LogP contribution in [0.2, 0.25) is 0 Å². The summed E-state index contributed by atoms with van der Waals surface area (Å²) in [5.74, 6) is 0.105. The topological polar surface area (TPSA) is 80.1 Å². The number of rotatable bonds is 6. The third-order valence-electron chi connectivity index (χ3n) is 7.13. The molecule has 3 heterocycles. The fourth-order valence-electron chi connectivity index (χ4n) is 5.04. The van der Waals surface area contributed by atoms with Gasteiger partial charge in [-0.25, -0.2) is 0 Å². The molecule has 30 heavy (non-hydrogen) atoms. The van der Waals surface area contributed by atoms with Crippen molar-refractivity contribution in [2.45, 2.75) is 52.5 Å². The van der Waals surface area contributed by atoms with E-state index >= 15 is 0 Å². The predicted molar refractivity (Wildman–Crippen MR) is 113 cm³/mol. The van der Waals surface area contributed by atoms with Crippen molar-refractivity contribution in [1.29, 1.82) is 0 Å². The SMILES string of the molecule is Cc1nn(C)c(C)c1CCC(=O)N1CC(C(=O)NCc2ccncc2)C2(CCC2)C1. The molecule has 1 saturated carbocycles. The number of likely N-dealkylation sites (tertiary alicyclic amines) is 1. The molecule has 2 aliphatic rings. The van der Waals surface area contributed by atoms with Gasteiger partial charge in [0.2, 0.25) is 11.8 Å². The number of aryl methyl sites for hydroxylation is 2. The second-order valence-electron chi connectivity index (χ2n) is 8.89. The van der Waals surface area contributed by atoms with Gasteiger partial charge in [0.05, 0.1) is 11.6 Å². The maximum atomic E-state index is 13.0. The molecule has 2 fully saturated rings. The third kappa shape index (κ3) is 3.85. The lowest BCUT2D eigenvalue weighted by atomic mass is 9.62. The largest absolute Gasteiger partial charge is 0.352 e. The highest BCUT2D eigenvalue weighted by molar-refractivity contribution is 5.83. The van der Waals surface area contributed by atoms with Crippen LogP contribution in [0.25, 0.3) is 0 Å². The Bertz CT molecular complexity index is 933. The minimum Gasteiger partial charge on any atom is -0.352 e. The van der Waals surface area contributed by atoms with E-state index in [4.69, 9.17) is 0 Å². The predicted octanol–water partition coefficient (Wildman–Crippen LogP) is 2.31. The molecule has 4 rings (SSSR count). The highest BCUT2D eigenvalue weighted by atomic mass is 16.2. The van der Waals surface area contributed by atoms with E-state index in [0.29, 0.717) is 32.5 Å². The quantitative estimate of drug-likeness (QED) is 0.794. The van der Waals surface area contributed by atoms with Crippen LogP contribution in [-0.2, 0) is 29.6 Å². The van der Waals surface area contributed by atoms with Crippen molar-refractivity contribution in [3.05, 3.63) is 47.0 Å². The van der Waals surface area contributed by atoms with Gasteiger partial charge in [0.15, 0.2) is 0 Å². The summed E-state index contributed by atoms with van der Waals surface area (Å²) in [6.45, 7) is 5.79. The van der Waals surface area contributed by atoms with Crippen LogP contribution in [-0.4, -0.2) is 44.6 Å². The zero-order chi connectivity index (χ0) is 21.3. The van der Waals surface area contributed by atoms with Gasteiger partial charge in [-0.1, -0.05) is 6.42 Å². The summed E-state index contributed by atoms with van der Waals surface area (Å²) in [6, 6.07) is 3.82. The van der Waals surface area contributed by atoms with Gasteiger partial charge >= 0.3 is 0 Å². The molecule has 2 amide bonds. The Kier molecular flexibility index (Phi) is 5.62. The fraction of sp³-hybridized carbons (Fsp3) is 0.565. The van der Waals surface area contributed by atoms with Gasteiger partial charge in [-0.15, -0.1) is 0 Å². The Labute approximate surface area is 177 Å². The number of nitrogens with one attached hydrogen (secondary N) is 1. The number of amides is 2. The molecule has 2 aromatic heterocycles. The van der Waals surface area contributed by atoms with Crippen LogP contribution in [0.5, 0.6) is 0 Å². The molecule has 2 aromatic rings. The van der Waals surface area contributed by atoms with Crippen molar-refractivity contribution in [2.24, 2.45) is 18.4 Å². The normalized spacial score (nSPS) is 19.7. The standard InChI is InChI=1S/C23H31N5O2/c1-16-19(17(2)27(3)26-16)5-6-21(29)28-14-20(23(15-28)9-4-10-23)22(30)25-13-18-7-11-24-12-8-18/h7-8,11-12,20H,4-6,9-10,13-15H2,1-3H3,(H,25,30). The van der Waals surface area contributed by atoms with Crippen molar-refractivity contribution in [1.82, 2.24) is 25.0 Å². The van der Waals surface area contributed by atoms with Crippen molar-refractivity contribution >= 4 is 11.8 Å². The summed E-state index contributed by atoms with van der Waals surface area (Å²) in [6.07, 6.45) is 7.84. The number of carbonyl (C=O) groups is 2. The molecule has 1 aliphatic heterocycles. The number of aromatic nitrogens is 3. The van der Waals surface area contributed by atoms with Crippen molar-refractivity contribution in [3.8, 4) is 0 Å². The Morgan fingerprint density at radius 1 is 1.23 bits per heavy atom. The smallest absolute Gasteiger partial charge is 0.225 e. The zero-order valence-electron chi connectivity index (χ0n) is 18.1. The van der Waals surface area contributed by atoms with Crippen molar-refractivity contribution in [2.75, 3.05) is 13.1 Å². The molecule has 0 bridgehead atoms. The summed E-state index contributed by atoms with van der Waals surface area (Å²) in [7, 11) is 1.93. The second kappa shape index (κ2) is 8.20. The van der Waals surface area contributed by atoms with Gasteiger partial charge in [0.25, 0.3) is 0 Å². The van der Waals surface area contributed by atoms with E-state index in [-0.39, 0.29) is 23.1 Å². The summed E-state index contributed by atoms with van der Waals surface area (Å²) < 4.78 is 1.87. The molecule has 1 unspecified atom stereocenters. The lowest BCUT2D eigenvalue weighted by molar-refractivity contribution is -0.130. The van der Waals surface area contributed by atoms with Crippen LogP contribution in [0.15, 0.2) is 24.5 Å². The number of pyridine rings is 1. The van der Waals surface area contributed by atoms with E-state index < -0.39 is 0 Å². The molecule has 1 aliphatic carbocycles. The lowest BCUT2D eigenvalue weighted by Gasteiger charge is -2.41. The molecule has 1 spiro atoms. The molecule has 0 radical (unpaired) electrons. The molecular formula is C23H31N5O2. The van der Waals surface area contributed by atoms with Crippen LogP contribution in [0, 0.1) is 25.2 Å². The summed E-state index contributed by atoms with van der Waals surface area (Å²) in [4.78, 5) is 31.9. The van der Waals surface area contributed by atoms with Crippen LogP contribution >= 0.6 is 0 Å². The van der Waals surface area contributed by atoms with Gasteiger partial charge in [-0.2, -0.15) is 5.10 Å². The number of hydrogen-bond donors (Lipinski definition) is 1. The number of carbonyl (C=O) groups excluding carboxylic acids is 2. The maximum Gasteiger partial charge on any atom is 0.225 e. The average molecular weight is 410 g/mol. The maximum absolute atomic E-state index is 13.0. The third-order valence-corrected chi connectivity index (χ3v) is 7.13. The van der Waals surface area contributed by atoms with Crippen molar-refractivity contribution < 1.29 is 9.59 Å². The highest BCUT2D eigenvalue weighted by Crippen LogP contribution is 2.51. The van der Waals surface area contributed by atoms with E-state index in [1.54, 1.807) is 12.4 Å². The lowest BCUT2D eigenvalue weighted by Crippen LogP contribution is -2.45. The van der Waals surface area contributed by atoms with Crippen LogP contribution < -0.4 is 5.32 Å². The molecule has 7 heteroatoms. The van der Waals surface area contributed by atoms with Crippen LogP contribution in [0.1, 0.15) is 48.2 Å². The van der Waals surface area contributed by atoms with E-state index in [0.717, 1.165) is 41.8 Å². The first-order chi connectivity index (χ1) is 14.4. The Morgan fingerprint density at radius 2 is 1.97 bits per heavy atom. The molecule has 160 valence electrons. The first kappa shape index (κ1) is 20.6. The molecule has 7 nitrogen and oxygen atoms in total. The number of nitrogens with zero attached hydrogens (tertiary/aromatic N) is 4. The second-order valence-corrected chi connectivity index (χ2v) is 8.89. The van der Waals surface area contributed by atoms with E-state index in [1.165, 1.54) is 0 Å². The number of hydrogen-bond acceptors (Lipinski definition) is 4. The van der Waals surface area contributed by atoms with E-state index in [2.05, 4.69) is 15.4 Å². The molecule has 0 aromatic carbocycles. The molecule has 1 atom stereocenters. The fourth-order valence-corrected chi connectivity index (χ4v) is 5.04. The highest BCUT2D eigenvalue weighted by Gasteiger charge is 2.54. The summed E-state index contributed by atoms with van der Waals surface area (Å²) >= 11 is 0. The van der Waals surface area contributed by atoms with E-state index in [1.807, 2.05) is 42.6 Å². The first-order valence-electron chi connectivity index (χ1n) is 10.8. The van der Waals surface area contributed by atoms with Crippen LogP contribution in [0.3, 0.4) is 0 Å². The summed E-state index contributed by atoms with van der Waals surface area (Å²) in [5, 5.41) is 7.53. The monoisotopic (exact) mass is 409 g/mol. The van der Waals surface area contributed by atoms with Gasteiger partial charge < -0.3 is 10.2 Å². The minimum atomic E-state index is -0.112. The van der Waals surface area contributed by atoms with Gasteiger partial charge in [-0.05, 0) is 56.4 Å². The van der Waals surface area contributed by atoms with Gasteiger partial charge in [0.1, 0.15) is 0 Å². The Hall–Kier alpha value is -2.70. The molecular weight excluding hydrogens is 378 g/mol. The van der Waals surface area contributed by atoms with E-state index in [9.17, 15) is 9.59 Å².